The molecule has 1 unspecified atom stereocenters. The highest BCUT2D eigenvalue weighted by Gasteiger charge is 2.04. The standard InChI is InChI=1S/C11H20N2S/c1-4-6-10(5-2)13-8-11-7-12-9(3)14-11/h7,10,13H,4-6,8H2,1-3H3. The van der Waals surface area contributed by atoms with E-state index in [0.29, 0.717) is 6.04 Å². The number of hydrogen-bond donors (Lipinski definition) is 1. The molecule has 0 aliphatic heterocycles. The highest BCUT2D eigenvalue weighted by molar-refractivity contribution is 7.11. The van der Waals surface area contributed by atoms with Crippen LogP contribution in [-0.4, -0.2) is 11.0 Å². The van der Waals surface area contributed by atoms with E-state index in [1.165, 1.54) is 24.1 Å². The molecule has 80 valence electrons. The molecule has 2 nitrogen and oxygen atoms in total. The van der Waals surface area contributed by atoms with Crippen molar-refractivity contribution < 1.29 is 0 Å². The molecule has 3 heteroatoms. The van der Waals surface area contributed by atoms with Crippen LogP contribution in [0.5, 0.6) is 0 Å². The summed E-state index contributed by atoms with van der Waals surface area (Å²) in [7, 11) is 0. The molecule has 0 amide bonds. The molecular formula is C11H20N2S. The summed E-state index contributed by atoms with van der Waals surface area (Å²) < 4.78 is 0. The molecule has 0 radical (unpaired) electrons. The number of nitrogens with one attached hydrogen (secondary N) is 1. The van der Waals surface area contributed by atoms with Gasteiger partial charge in [0.15, 0.2) is 0 Å². The van der Waals surface area contributed by atoms with E-state index < -0.39 is 0 Å². The minimum absolute atomic E-state index is 0.669. The van der Waals surface area contributed by atoms with Gasteiger partial charge in [-0.15, -0.1) is 11.3 Å². The Balaban J connectivity index is 2.31. The van der Waals surface area contributed by atoms with Gasteiger partial charge in [0.05, 0.1) is 5.01 Å². The monoisotopic (exact) mass is 212 g/mol. The van der Waals surface area contributed by atoms with Gasteiger partial charge in [-0.3, -0.25) is 0 Å². The van der Waals surface area contributed by atoms with Gasteiger partial charge in [-0.05, 0) is 19.8 Å². The van der Waals surface area contributed by atoms with E-state index in [9.17, 15) is 0 Å². The maximum absolute atomic E-state index is 4.24. The predicted octanol–water partition coefficient (Wildman–Crippen LogP) is 3.12. The van der Waals surface area contributed by atoms with Crippen molar-refractivity contribution in [1.82, 2.24) is 10.3 Å². The molecule has 0 aliphatic rings. The minimum Gasteiger partial charge on any atom is -0.309 e. The molecule has 1 rings (SSSR count). The number of aryl methyl sites for hydroxylation is 1. The van der Waals surface area contributed by atoms with Crippen molar-refractivity contribution in [2.75, 3.05) is 0 Å². The van der Waals surface area contributed by atoms with Crippen LogP contribution in [0, 0.1) is 6.92 Å². The van der Waals surface area contributed by atoms with Crippen LogP contribution in [0.15, 0.2) is 6.20 Å². The van der Waals surface area contributed by atoms with Gasteiger partial charge in [-0.25, -0.2) is 4.98 Å². The third-order valence-corrected chi connectivity index (χ3v) is 3.28. The van der Waals surface area contributed by atoms with Gasteiger partial charge in [-0.1, -0.05) is 20.3 Å². The Labute approximate surface area is 90.8 Å². The average Bonchev–Trinajstić information content (AvgIpc) is 2.59. The molecule has 1 aromatic heterocycles. The molecule has 1 atom stereocenters. The lowest BCUT2D eigenvalue weighted by atomic mass is 10.1. The fourth-order valence-electron chi connectivity index (χ4n) is 1.53. The molecule has 14 heavy (non-hydrogen) atoms. The first kappa shape index (κ1) is 11.7. The molecule has 1 heterocycles. The van der Waals surface area contributed by atoms with E-state index in [-0.39, 0.29) is 0 Å². The summed E-state index contributed by atoms with van der Waals surface area (Å²) >= 11 is 1.78. The van der Waals surface area contributed by atoms with Gasteiger partial charge in [-0.2, -0.15) is 0 Å². The van der Waals surface area contributed by atoms with Crippen LogP contribution < -0.4 is 5.32 Å². The Kier molecular flexibility index (Phi) is 5.12. The maximum atomic E-state index is 4.24. The number of nitrogens with zero attached hydrogens (tertiary/aromatic N) is 1. The molecule has 0 saturated carbocycles. The van der Waals surface area contributed by atoms with Crippen LogP contribution in [0.1, 0.15) is 43.0 Å². The summed E-state index contributed by atoms with van der Waals surface area (Å²) in [5.41, 5.74) is 0. The maximum Gasteiger partial charge on any atom is 0.0897 e. The smallest absolute Gasteiger partial charge is 0.0897 e. The lowest BCUT2D eigenvalue weighted by Gasteiger charge is -2.14. The number of hydrogen-bond acceptors (Lipinski definition) is 3. The zero-order valence-corrected chi connectivity index (χ0v) is 10.2. The van der Waals surface area contributed by atoms with Crippen molar-refractivity contribution in [3.05, 3.63) is 16.1 Å². The minimum atomic E-state index is 0.669. The summed E-state index contributed by atoms with van der Waals surface area (Å²) in [5, 5.41) is 4.73. The molecule has 0 fully saturated rings. The van der Waals surface area contributed by atoms with Crippen LogP contribution in [0.25, 0.3) is 0 Å². The molecule has 0 aliphatic carbocycles. The van der Waals surface area contributed by atoms with E-state index in [2.05, 4.69) is 31.1 Å². The number of thiazole rings is 1. The topological polar surface area (TPSA) is 24.9 Å². The van der Waals surface area contributed by atoms with Crippen molar-refractivity contribution in [3.8, 4) is 0 Å². The van der Waals surface area contributed by atoms with Crippen molar-refractivity contribution >= 4 is 11.3 Å². The first-order valence-electron chi connectivity index (χ1n) is 5.41. The van der Waals surface area contributed by atoms with Gasteiger partial charge in [0.25, 0.3) is 0 Å². The Bertz CT molecular complexity index is 258. The van der Waals surface area contributed by atoms with E-state index in [4.69, 9.17) is 0 Å². The van der Waals surface area contributed by atoms with Gasteiger partial charge < -0.3 is 5.32 Å². The van der Waals surface area contributed by atoms with Crippen molar-refractivity contribution in [3.63, 3.8) is 0 Å². The van der Waals surface area contributed by atoms with Crippen LogP contribution in [0.4, 0.5) is 0 Å². The molecule has 1 aromatic rings. The van der Waals surface area contributed by atoms with E-state index >= 15 is 0 Å². The third kappa shape index (κ3) is 3.76. The predicted molar refractivity (Wildman–Crippen MR) is 62.7 cm³/mol. The molecular weight excluding hydrogens is 192 g/mol. The highest BCUT2D eigenvalue weighted by atomic mass is 32.1. The van der Waals surface area contributed by atoms with Gasteiger partial charge in [0.2, 0.25) is 0 Å². The SMILES string of the molecule is CCCC(CC)NCc1cnc(C)s1. The van der Waals surface area contributed by atoms with Gasteiger partial charge in [0, 0.05) is 23.7 Å². The molecule has 0 bridgehead atoms. The zero-order valence-electron chi connectivity index (χ0n) is 9.34. The van der Waals surface area contributed by atoms with Gasteiger partial charge >= 0.3 is 0 Å². The zero-order chi connectivity index (χ0) is 10.4. The first-order chi connectivity index (χ1) is 6.76. The van der Waals surface area contributed by atoms with Crippen molar-refractivity contribution in [2.45, 2.75) is 52.6 Å². The quantitative estimate of drug-likeness (QED) is 0.783. The Hall–Kier alpha value is -0.410. The van der Waals surface area contributed by atoms with Gasteiger partial charge in [0.1, 0.15) is 0 Å². The van der Waals surface area contributed by atoms with Crippen LogP contribution in [-0.2, 0) is 6.54 Å². The Morgan fingerprint density at radius 1 is 1.50 bits per heavy atom. The largest absolute Gasteiger partial charge is 0.309 e. The molecule has 0 saturated heterocycles. The highest BCUT2D eigenvalue weighted by Crippen LogP contribution is 2.12. The lowest BCUT2D eigenvalue weighted by Crippen LogP contribution is -2.27. The van der Waals surface area contributed by atoms with E-state index in [1.54, 1.807) is 11.3 Å². The van der Waals surface area contributed by atoms with Crippen LogP contribution in [0.2, 0.25) is 0 Å². The summed E-state index contributed by atoms with van der Waals surface area (Å²) in [5.74, 6) is 0. The fraction of sp³-hybridized carbons (Fsp3) is 0.727. The molecule has 1 N–H and O–H groups in total. The summed E-state index contributed by atoms with van der Waals surface area (Å²) in [6.45, 7) is 7.51. The Morgan fingerprint density at radius 2 is 2.29 bits per heavy atom. The van der Waals surface area contributed by atoms with E-state index in [0.717, 1.165) is 11.6 Å². The lowest BCUT2D eigenvalue weighted by molar-refractivity contribution is 0.464. The molecule has 0 aromatic carbocycles. The summed E-state index contributed by atoms with van der Waals surface area (Å²) in [6.07, 6.45) is 5.72. The van der Waals surface area contributed by atoms with Crippen LogP contribution in [0.3, 0.4) is 0 Å². The third-order valence-electron chi connectivity index (χ3n) is 2.36. The average molecular weight is 212 g/mol. The second kappa shape index (κ2) is 6.14. The number of rotatable bonds is 6. The molecule has 0 spiro atoms. The van der Waals surface area contributed by atoms with Crippen molar-refractivity contribution in [1.29, 1.82) is 0 Å². The summed E-state index contributed by atoms with van der Waals surface area (Å²) in [6, 6.07) is 0.669. The van der Waals surface area contributed by atoms with Crippen molar-refractivity contribution in [2.24, 2.45) is 0 Å². The first-order valence-corrected chi connectivity index (χ1v) is 6.22. The second-order valence-corrected chi connectivity index (χ2v) is 4.94. The normalized spacial score (nSPS) is 13.1. The second-order valence-electron chi connectivity index (χ2n) is 3.62. The van der Waals surface area contributed by atoms with Crippen LogP contribution >= 0.6 is 11.3 Å². The number of aromatic nitrogens is 1. The summed E-state index contributed by atoms with van der Waals surface area (Å²) in [4.78, 5) is 5.59. The Morgan fingerprint density at radius 3 is 2.79 bits per heavy atom. The fourth-order valence-corrected chi connectivity index (χ4v) is 2.28. The van der Waals surface area contributed by atoms with E-state index in [1.807, 2.05) is 6.20 Å².